The number of methoxy groups -OCH3 is 1. The van der Waals surface area contributed by atoms with Gasteiger partial charge in [0.15, 0.2) is 0 Å². The Hall–Kier alpha value is -1.88. The van der Waals surface area contributed by atoms with Crippen LogP contribution in [0.5, 0.6) is 0 Å². The highest BCUT2D eigenvalue weighted by atomic mass is 16.5. The smallest absolute Gasteiger partial charge is 0.326 e. The number of rotatable bonds is 3. The van der Waals surface area contributed by atoms with Gasteiger partial charge in [-0.05, 0) is 32.4 Å². The first-order valence-corrected chi connectivity index (χ1v) is 6.90. The van der Waals surface area contributed by atoms with Gasteiger partial charge in [0.2, 0.25) is 0 Å². The summed E-state index contributed by atoms with van der Waals surface area (Å²) >= 11 is 0. The van der Waals surface area contributed by atoms with Crippen molar-refractivity contribution in [1.82, 2.24) is 15.1 Å². The highest BCUT2D eigenvalue weighted by Crippen LogP contribution is 2.39. The summed E-state index contributed by atoms with van der Waals surface area (Å²) in [5.74, 6) is -0.182. The zero-order valence-electron chi connectivity index (χ0n) is 11.8. The van der Waals surface area contributed by atoms with Crippen molar-refractivity contribution < 1.29 is 9.53 Å². The average molecular weight is 273 g/mol. The number of carbonyl (C=O) groups excluding carboxylic acids is 1. The second-order valence-corrected chi connectivity index (χ2v) is 5.37. The van der Waals surface area contributed by atoms with Crippen molar-refractivity contribution in [2.45, 2.75) is 30.8 Å². The van der Waals surface area contributed by atoms with Gasteiger partial charge in [-0.2, -0.15) is 5.10 Å². The van der Waals surface area contributed by atoms with E-state index >= 15 is 0 Å². The van der Waals surface area contributed by atoms with Crippen LogP contribution in [0.1, 0.15) is 25.3 Å². The molecule has 2 atom stereocenters. The van der Waals surface area contributed by atoms with Crippen LogP contribution < -0.4 is 5.32 Å². The molecule has 1 aliphatic carbocycles. The van der Waals surface area contributed by atoms with Crippen LogP contribution in [-0.2, 0) is 9.53 Å². The molecule has 3 rings (SSSR count). The molecule has 0 saturated heterocycles. The lowest BCUT2D eigenvalue weighted by Crippen LogP contribution is -2.49. The lowest BCUT2D eigenvalue weighted by molar-refractivity contribution is -0.148. The molecule has 5 heteroatoms. The molecular weight excluding hydrogens is 254 g/mol. The molecule has 1 fully saturated rings. The number of benzene rings is 1. The van der Waals surface area contributed by atoms with Gasteiger partial charge in [0, 0.05) is 5.39 Å². The fraction of sp³-hybridized carbons (Fsp3) is 0.467. The third kappa shape index (κ3) is 1.89. The summed E-state index contributed by atoms with van der Waals surface area (Å²) in [5.41, 5.74) is 0.543. The molecule has 2 unspecified atom stereocenters. The van der Waals surface area contributed by atoms with E-state index in [1.807, 2.05) is 30.1 Å². The molecule has 1 N–H and O–H groups in total. The number of nitrogens with one attached hydrogen (secondary N) is 1. The largest absolute Gasteiger partial charge is 0.468 e. The average Bonchev–Trinajstić information content (AvgIpc) is 3.10. The van der Waals surface area contributed by atoms with Gasteiger partial charge >= 0.3 is 5.97 Å². The minimum absolute atomic E-state index is 0.182. The number of hydrogen-bond donors (Lipinski definition) is 1. The predicted octanol–water partition coefficient (Wildman–Crippen LogP) is 1.89. The summed E-state index contributed by atoms with van der Waals surface area (Å²) in [6, 6.07) is 8.37. The molecule has 1 aliphatic rings. The summed E-state index contributed by atoms with van der Waals surface area (Å²) in [7, 11) is 3.26. The maximum atomic E-state index is 12.0. The summed E-state index contributed by atoms with van der Waals surface area (Å²) < 4.78 is 6.99. The Morgan fingerprint density at radius 3 is 3.05 bits per heavy atom. The molecule has 1 aromatic heterocycles. The Morgan fingerprint density at radius 2 is 2.30 bits per heavy atom. The van der Waals surface area contributed by atoms with Gasteiger partial charge in [-0.25, -0.2) is 0 Å². The van der Waals surface area contributed by atoms with Crippen LogP contribution in [0.3, 0.4) is 0 Å². The first-order chi connectivity index (χ1) is 9.70. The summed E-state index contributed by atoms with van der Waals surface area (Å²) in [6.45, 7) is 0. The lowest BCUT2D eigenvalue weighted by Gasteiger charge is -2.25. The van der Waals surface area contributed by atoms with E-state index < -0.39 is 5.54 Å². The normalized spacial score (nSPS) is 26.0. The number of esters is 1. The van der Waals surface area contributed by atoms with Crippen LogP contribution in [-0.4, -0.2) is 35.4 Å². The van der Waals surface area contributed by atoms with E-state index in [-0.39, 0.29) is 12.0 Å². The Kier molecular flexibility index (Phi) is 3.22. The Morgan fingerprint density at radius 1 is 1.50 bits per heavy atom. The highest BCUT2D eigenvalue weighted by molar-refractivity contribution is 5.82. The van der Waals surface area contributed by atoms with E-state index in [2.05, 4.69) is 22.5 Å². The van der Waals surface area contributed by atoms with Crippen molar-refractivity contribution in [3.63, 3.8) is 0 Å². The number of ether oxygens (including phenoxy) is 1. The molecular formula is C15H19N3O2. The molecule has 0 bridgehead atoms. The number of fused-ring (bicyclic) bond motifs is 1. The summed E-state index contributed by atoms with van der Waals surface area (Å²) in [5, 5.41) is 8.78. The van der Waals surface area contributed by atoms with Crippen LogP contribution in [0.4, 0.5) is 0 Å². The van der Waals surface area contributed by atoms with Crippen LogP contribution in [0, 0.1) is 0 Å². The number of para-hydroxylation sites is 1. The summed E-state index contributed by atoms with van der Waals surface area (Å²) in [6.07, 6.45) is 4.28. The van der Waals surface area contributed by atoms with Crippen molar-refractivity contribution in [3.05, 3.63) is 30.5 Å². The minimum atomic E-state index is -0.577. The molecule has 106 valence electrons. The molecule has 2 aromatic rings. The second-order valence-electron chi connectivity index (χ2n) is 5.37. The van der Waals surface area contributed by atoms with E-state index in [0.717, 1.165) is 23.7 Å². The van der Waals surface area contributed by atoms with E-state index in [1.54, 1.807) is 0 Å². The van der Waals surface area contributed by atoms with Gasteiger partial charge in [-0.1, -0.05) is 18.2 Å². The maximum absolute atomic E-state index is 12.0. The van der Waals surface area contributed by atoms with Gasteiger partial charge in [-0.3, -0.25) is 9.48 Å². The minimum Gasteiger partial charge on any atom is -0.468 e. The number of likely N-dealkylation sites (N-methyl/N-ethyl adjacent to an activating group) is 1. The van der Waals surface area contributed by atoms with E-state index in [0.29, 0.717) is 6.42 Å². The Bertz CT molecular complexity index is 637. The lowest BCUT2D eigenvalue weighted by atomic mass is 9.98. The highest BCUT2D eigenvalue weighted by Gasteiger charge is 2.46. The number of nitrogens with zero attached hydrogens (tertiary/aromatic N) is 2. The number of hydrogen-bond acceptors (Lipinski definition) is 4. The third-order valence-corrected chi connectivity index (χ3v) is 4.39. The van der Waals surface area contributed by atoms with Gasteiger partial charge in [-0.15, -0.1) is 0 Å². The van der Waals surface area contributed by atoms with Crippen LogP contribution in [0.25, 0.3) is 10.9 Å². The predicted molar refractivity (Wildman–Crippen MR) is 76.4 cm³/mol. The third-order valence-electron chi connectivity index (χ3n) is 4.39. The van der Waals surface area contributed by atoms with E-state index in [9.17, 15) is 4.79 Å². The molecule has 20 heavy (non-hydrogen) atoms. The molecule has 1 saturated carbocycles. The van der Waals surface area contributed by atoms with Crippen LogP contribution in [0.2, 0.25) is 0 Å². The molecule has 1 aromatic carbocycles. The molecule has 0 amide bonds. The van der Waals surface area contributed by atoms with Crippen LogP contribution >= 0.6 is 0 Å². The Labute approximate surface area is 117 Å². The molecule has 1 heterocycles. The second kappa shape index (κ2) is 4.90. The topological polar surface area (TPSA) is 56.1 Å². The number of carbonyl (C=O) groups is 1. The van der Waals surface area contributed by atoms with Crippen LogP contribution in [0.15, 0.2) is 30.5 Å². The van der Waals surface area contributed by atoms with Gasteiger partial charge in [0.25, 0.3) is 0 Å². The standard InChI is InChI=1S/C15H19N3O2/c1-16-15(14(19)20-2)8-7-12(9-15)18-13-6-4-3-5-11(13)10-17-18/h3-6,10,12,16H,7-9H2,1-2H3. The Balaban J connectivity index is 1.92. The van der Waals surface area contributed by atoms with Crippen molar-refractivity contribution in [2.24, 2.45) is 0 Å². The van der Waals surface area contributed by atoms with Gasteiger partial charge in [0.05, 0.1) is 24.9 Å². The quantitative estimate of drug-likeness (QED) is 0.868. The molecule has 0 spiro atoms. The van der Waals surface area contributed by atoms with Crippen molar-refractivity contribution in [1.29, 1.82) is 0 Å². The number of aromatic nitrogens is 2. The maximum Gasteiger partial charge on any atom is 0.326 e. The SMILES string of the molecule is CNC1(C(=O)OC)CCC(n2ncc3ccccc32)C1. The molecule has 5 nitrogen and oxygen atoms in total. The molecule has 0 aliphatic heterocycles. The summed E-state index contributed by atoms with van der Waals surface area (Å²) in [4.78, 5) is 12.0. The van der Waals surface area contributed by atoms with Crippen molar-refractivity contribution in [2.75, 3.05) is 14.2 Å². The van der Waals surface area contributed by atoms with Crippen molar-refractivity contribution in [3.8, 4) is 0 Å². The fourth-order valence-corrected chi connectivity index (χ4v) is 3.22. The first-order valence-electron chi connectivity index (χ1n) is 6.90. The zero-order valence-corrected chi connectivity index (χ0v) is 11.8. The van der Waals surface area contributed by atoms with Gasteiger partial charge in [0.1, 0.15) is 5.54 Å². The first kappa shape index (κ1) is 13.1. The fourth-order valence-electron chi connectivity index (χ4n) is 3.22. The molecule has 0 radical (unpaired) electrons. The zero-order chi connectivity index (χ0) is 14.2. The monoisotopic (exact) mass is 273 g/mol. The van der Waals surface area contributed by atoms with Gasteiger partial charge < -0.3 is 10.1 Å². The van der Waals surface area contributed by atoms with E-state index in [1.165, 1.54) is 7.11 Å². The van der Waals surface area contributed by atoms with Crippen molar-refractivity contribution >= 4 is 16.9 Å². The van der Waals surface area contributed by atoms with E-state index in [4.69, 9.17) is 4.74 Å².